The molecule has 4 heterocycles. The summed E-state index contributed by atoms with van der Waals surface area (Å²) in [5.41, 5.74) is 2.62. The van der Waals surface area contributed by atoms with Crippen molar-refractivity contribution in [2.24, 2.45) is 0 Å². The van der Waals surface area contributed by atoms with Crippen LogP contribution in [0, 0.1) is 6.92 Å². The SMILES string of the molecule is Cc1cn2cc(C(=O)N3CCCN(CCCN4CCCC4)CC3)ccc2n1. The van der Waals surface area contributed by atoms with Crippen LogP contribution in [-0.2, 0) is 0 Å². The van der Waals surface area contributed by atoms with Gasteiger partial charge in [-0.3, -0.25) is 4.79 Å². The normalized spacial score (nSPS) is 19.7. The summed E-state index contributed by atoms with van der Waals surface area (Å²) < 4.78 is 1.95. The van der Waals surface area contributed by atoms with Gasteiger partial charge in [0.1, 0.15) is 5.65 Å². The molecule has 2 saturated heterocycles. The number of hydrogen-bond acceptors (Lipinski definition) is 4. The van der Waals surface area contributed by atoms with E-state index in [0.717, 1.165) is 56.0 Å². The lowest BCUT2D eigenvalue weighted by Crippen LogP contribution is -2.36. The van der Waals surface area contributed by atoms with Crippen LogP contribution in [0.1, 0.15) is 41.7 Å². The van der Waals surface area contributed by atoms with Gasteiger partial charge in [-0.05, 0) is 77.5 Å². The molecule has 2 aliphatic rings. The Labute approximate surface area is 161 Å². The van der Waals surface area contributed by atoms with Crippen LogP contribution < -0.4 is 0 Å². The fourth-order valence-electron chi connectivity index (χ4n) is 4.35. The first-order valence-corrected chi connectivity index (χ1v) is 10.4. The molecule has 2 aromatic heterocycles. The number of hydrogen-bond donors (Lipinski definition) is 0. The number of carbonyl (C=O) groups excluding carboxylic acids is 1. The first kappa shape index (κ1) is 18.4. The second kappa shape index (κ2) is 8.40. The third-order valence-corrected chi connectivity index (χ3v) is 5.84. The third-order valence-electron chi connectivity index (χ3n) is 5.84. The van der Waals surface area contributed by atoms with Crippen LogP contribution in [-0.4, -0.2) is 82.3 Å². The van der Waals surface area contributed by atoms with Crippen molar-refractivity contribution in [3.63, 3.8) is 0 Å². The number of likely N-dealkylation sites (tertiary alicyclic amines) is 1. The maximum absolute atomic E-state index is 13.0. The highest BCUT2D eigenvalue weighted by molar-refractivity contribution is 5.94. The van der Waals surface area contributed by atoms with Crippen LogP contribution in [0.2, 0.25) is 0 Å². The van der Waals surface area contributed by atoms with Gasteiger partial charge in [0, 0.05) is 32.0 Å². The van der Waals surface area contributed by atoms with E-state index in [0.29, 0.717) is 0 Å². The van der Waals surface area contributed by atoms with E-state index in [2.05, 4.69) is 14.8 Å². The number of amides is 1. The maximum atomic E-state index is 13.0. The Morgan fingerprint density at radius 1 is 0.926 bits per heavy atom. The quantitative estimate of drug-likeness (QED) is 0.811. The number of fused-ring (bicyclic) bond motifs is 1. The van der Waals surface area contributed by atoms with Crippen molar-refractivity contribution < 1.29 is 4.79 Å². The first-order chi connectivity index (χ1) is 13.2. The van der Waals surface area contributed by atoms with Crippen molar-refractivity contribution in [3.8, 4) is 0 Å². The average molecular weight is 370 g/mol. The third kappa shape index (κ3) is 4.50. The van der Waals surface area contributed by atoms with Gasteiger partial charge in [0.05, 0.1) is 11.3 Å². The number of aryl methyl sites for hydroxylation is 1. The Hall–Kier alpha value is -1.92. The molecule has 2 aliphatic heterocycles. The summed E-state index contributed by atoms with van der Waals surface area (Å²) in [7, 11) is 0. The van der Waals surface area contributed by atoms with E-state index in [4.69, 9.17) is 0 Å². The summed E-state index contributed by atoms with van der Waals surface area (Å²) >= 11 is 0. The Morgan fingerprint density at radius 2 is 1.67 bits per heavy atom. The number of rotatable bonds is 5. The monoisotopic (exact) mass is 369 g/mol. The molecule has 0 spiro atoms. The predicted molar refractivity (Wildman–Crippen MR) is 107 cm³/mol. The molecule has 4 rings (SSSR count). The van der Waals surface area contributed by atoms with E-state index >= 15 is 0 Å². The summed E-state index contributed by atoms with van der Waals surface area (Å²) in [5, 5.41) is 0. The number of pyridine rings is 1. The topological polar surface area (TPSA) is 44.1 Å². The highest BCUT2D eigenvalue weighted by Crippen LogP contribution is 2.13. The minimum Gasteiger partial charge on any atom is -0.337 e. The average Bonchev–Trinajstić information content (AvgIpc) is 3.24. The summed E-state index contributed by atoms with van der Waals surface area (Å²) in [5.74, 6) is 0.141. The minimum absolute atomic E-state index is 0.141. The molecule has 0 aromatic carbocycles. The molecule has 2 fully saturated rings. The number of carbonyl (C=O) groups is 1. The standard InChI is InChI=1S/C21H31N5O/c1-18-16-26-17-19(6-7-20(26)22-18)21(27)25-13-5-12-24(14-15-25)11-4-10-23-8-2-3-9-23/h6-7,16-17H,2-5,8-15H2,1H3. The molecule has 146 valence electrons. The summed E-state index contributed by atoms with van der Waals surface area (Å²) in [6.07, 6.45) is 8.91. The second-order valence-corrected chi connectivity index (χ2v) is 7.96. The Bertz CT molecular complexity index is 780. The number of imidazole rings is 1. The molecular formula is C21H31N5O. The lowest BCUT2D eigenvalue weighted by molar-refractivity contribution is 0.0760. The summed E-state index contributed by atoms with van der Waals surface area (Å²) in [4.78, 5) is 24.5. The van der Waals surface area contributed by atoms with Gasteiger partial charge >= 0.3 is 0 Å². The molecular weight excluding hydrogens is 338 g/mol. The molecule has 2 aromatic rings. The summed E-state index contributed by atoms with van der Waals surface area (Å²) in [6, 6.07) is 3.84. The van der Waals surface area contributed by atoms with E-state index in [-0.39, 0.29) is 5.91 Å². The molecule has 6 heteroatoms. The predicted octanol–water partition coefficient (Wildman–Crippen LogP) is 2.28. The lowest BCUT2D eigenvalue weighted by atomic mass is 10.2. The Balaban J connectivity index is 1.30. The van der Waals surface area contributed by atoms with E-state index in [1.165, 1.54) is 38.9 Å². The van der Waals surface area contributed by atoms with Gasteiger partial charge in [0.15, 0.2) is 0 Å². The van der Waals surface area contributed by atoms with Crippen LogP contribution in [0.4, 0.5) is 0 Å². The van der Waals surface area contributed by atoms with Gasteiger partial charge in [-0.1, -0.05) is 0 Å². The molecule has 0 atom stereocenters. The van der Waals surface area contributed by atoms with Crippen molar-refractivity contribution in [2.75, 3.05) is 52.4 Å². The van der Waals surface area contributed by atoms with Crippen LogP contribution in [0.25, 0.3) is 5.65 Å². The Morgan fingerprint density at radius 3 is 2.48 bits per heavy atom. The van der Waals surface area contributed by atoms with E-state index in [1.54, 1.807) is 0 Å². The zero-order valence-electron chi connectivity index (χ0n) is 16.4. The van der Waals surface area contributed by atoms with E-state index in [1.807, 2.05) is 40.8 Å². The number of aromatic nitrogens is 2. The molecule has 1 amide bonds. The molecule has 6 nitrogen and oxygen atoms in total. The van der Waals surface area contributed by atoms with Crippen LogP contribution in [0.3, 0.4) is 0 Å². The van der Waals surface area contributed by atoms with Gasteiger partial charge in [0.25, 0.3) is 5.91 Å². The molecule has 0 aliphatic carbocycles. The zero-order valence-corrected chi connectivity index (χ0v) is 16.4. The van der Waals surface area contributed by atoms with E-state index < -0.39 is 0 Å². The largest absolute Gasteiger partial charge is 0.337 e. The van der Waals surface area contributed by atoms with Crippen molar-refractivity contribution in [1.29, 1.82) is 0 Å². The van der Waals surface area contributed by atoms with Crippen LogP contribution in [0.5, 0.6) is 0 Å². The molecule has 0 bridgehead atoms. The van der Waals surface area contributed by atoms with Crippen molar-refractivity contribution in [2.45, 2.75) is 32.6 Å². The highest BCUT2D eigenvalue weighted by Gasteiger charge is 2.21. The van der Waals surface area contributed by atoms with Gasteiger partial charge in [0.2, 0.25) is 0 Å². The lowest BCUT2D eigenvalue weighted by Gasteiger charge is -2.23. The molecule has 0 N–H and O–H groups in total. The molecule has 0 radical (unpaired) electrons. The van der Waals surface area contributed by atoms with Crippen molar-refractivity contribution in [1.82, 2.24) is 24.1 Å². The second-order valence-electron chi connectivity index (χ2n) is 7.96. The van der Waals surface area contributed by atoms with Crippen LogP contribution >= 0.6 is 0 Å². The highest BCUT2D eigenvalue weighted by atomic mass is 16.2. The van der Waals surface area contributed by atoms with E-state index in [9.17, 15) is 4.79 Å². The fourth-order valence-corrected chi connectivity index (χ4v) is 4.35. The fraction of sp³-hybridized carbons (Fsp3) is 0.619. The summed E-state index contributed by atoms with van der Waals surface area (Å²) in [6.45, 7) is 10.7. The van der Waals surface area contributed by atoms with Gasteiger partial charge in [-0.25, -0.2) is 4.98 Å². The maximum Gasteiger partial charge on any atom is 0.255 e. The van der Waals surface area contributed by atoms with Crippen molar-refractivity contribution >= 4 is 11.6 Å². The zero-order chi connectivity index (χ0) is 18.6. The van der Waals surface area contributed by atoms with Crippen molar-refractivity contribution in [3.05, 3.63) is 35.8 Å². The molecule has 0 saturated carbocycles. The van der Waals surface area contributed by atoms with Crippen LogP contribution in [0.15, 0.2) is 24.5 Å². The van der Waals surface area contributed by atoms with Gasteiger partial charge < -0.3 is 19.1 Å². The first-order valence-electron chi connectivity index (χ1n) is 10.4. The van der Waals surface area contributed by atoms with Gasteiger partial charge in [-0.15, -0.1) is 0 Å². The smallest absolute Gasteiger partial charge is 0.255 e. The molecule has 0 unspecified atom stereocenters. The van der Waals surface area contributed by atoms with Gasteiger partial charge in [-0.2, -0.15) is 0 Å². The number of nitrogens with zero attached hydrogens (tertiary/aromatic N) is 5. The molecule has 27 heavy (non-hydrogen) atoms. The minimum atomic E-state index is 0.141. The Kier molecular flexibility index (Phi) is 5.74.